The van der Waals surface area contributed by atoms with E-state index in [2.05, 4.69) is 36.2 Å². The van der Waals surface area contributed by atoms with Crippen LogP contribution in [-0.4, -0.2) is 75.1 Å². The molecule has 11 heteroatoms. The van der Waals surface area contributed by atoms with Crippen LogP contribution in [0.1, 0.15) is 12.0 Å². The van der Waals surface area contributed by atoms with E-state index in [1.165, 1.54) is 6.07 Å². The van der Waals surface area contributed by atoms with Crippen molar-refractivity contribution in [3.8, 4) is 6.07 Å². The van der Waals surface area contributed by atoms with E-state index >= 15 is 4.39 Å². The zero-order valence-corrected chi connectivity index (χ0v) is 21.6. The number of anilines is 3. The first-order valence-electron chi connectivity index (χ1n) is 12.0. The Hall–Kier alpha value is -3.13. The lowest BCUT2D eigenvalue weighted by molar-refractivity contribution is 0.263. The number of hydrogen-bond acceptors (Lipinski definition) is 7. The minimum atomic E-state index is -0.292. The third kappa shape index (κ3) is 6.55. The zero-order valence-electron chi connectivity index (χ0n) is 20.0. The molecule has 0 aromatic heterocycles. The van der Waals surface area contributed by atoms with Gasteiger partial charge in [0.1, 0.15) is 5.82 Å². The summed E-state index contributed by atoms with van der Waals surface area (Å²) in [5.74, 6) is -0.292. The maximum absolute atomic E-state index is 15.4. The van der Waals surface area contributed by atoms with Crippen molar-refractivity contribution >= 4 is 52.2 Å². The molecule has 0 bridgehead atoms. The number of thiocarbonyl (C=S) groups is 1. The molecule has 0 spiro atoms. The third-order valence-electron chi connectivity index (χ3n) is 6.52. The summed E-state index contributed by atoms with van der Waals surface area (Å²) in [4.78, 5) is 8.89. The molecule has 2 aromatic carbocycles. The van der Waals surface area contributed by atoms with E-state index in [9.17, 15) is 0 Å². The molecule has 190 valence electrons. The van der Waals surface area contributed by atoms with Gasteiger partial charge in [0.15, 0.2) is 5.11 Å². The van der Waals surface area contributed by atoms with Crippen molar-refractivity contribution < 1.29 is 4.39 Å². The van der Waals surface area contributed by atoms with Crippen molar-refractivity contribution in [1.82, 2.24) is 10.3 Å². The fraction of sp³-hybridized carbons (Fsp3) is 0.400. The van der Waals surface area contributed by atoms with E-state index in [-0.39, 0.29) is 10.9 Å². The monoisotopic (exact) mass is 528 g/mol. The van der Waals surface area contributed by atoms with Gasteiger partial charge in [0.2, 0.25) is 0 Å². The molecule has 2 saturated heterocycles. The molecular weight excluding hydrogens is 499 g/mol. The van der Waals surface area contributed by atoms with Crippen molar-refractivity contribution in [1.29, 1.82) is 5.26 Å². The highest BCUT2D eigenvalue weighted by Gasteiger charge is 2.24. The van der Waals surface area contributed by atoms with Crippen LogP contribution in [0, 0.1) is 17.1 Å². The predicted octanol–water partition coefficient (Wildman–Crippen LogP) is 3.01. The lowest BCUT2D eigenvalue weighted by Crippen LogP contribution is -2.48. The first-order valence-corrected chi connectivity index (χ1v) is 12.7. The number of benzene rings is 2. The van der Waals surface area contributed by atoms with Crippen LogP contribution < -0.4 is 25.9 Å². The van der Waals surface area contributed by atoms with Crippen molar-refractivity contribution in [2.24, 2.45) is 10.8 Å². The van der Waals surface area contributed by atoms with Crippen LogP contribution in [0.5, 0.6) is 0 Å². The largest absolute Gasteiger partial charge is 0.375 e. The quantitative estimate of drug-likeness (QED) is 0.322. The summed E-state index contributed by atoms with van der Waals surface area (Å²) in [7, 11) is 0. The number of piperazine rings is 2. The molecule has 2 aliphatic rings. The Kier molecular flexibility index (Phi) is 8.80. The highest BCUT2D eigenvalue weighted by molar-refractivity contribution is 7.80. The van der Waals surface area contributed by atoms with Crippen LogP contribution in [-0.2, 0) is 0 Å². The van der Waals surface area contributed by atoms with E-state index in [0.29, 0.717) is 35.8 Å². The minimum Gasteiger partial charge on any atom is -0.375 e. The van der Waals surface area contributed by atoms with Gasteiger partial charge in [-0.2, -0.15) is 10.4 Å². The average molecular weight is 529 g/mol. The van der Waals surface area contributed by atoms with Crippen LogP contribution in [0.15, 0.2) is 41.5 Å². The summed E-state index contributed by atoms with van der Waals surface area (Å²) in [6.07, 6.45) is 2.07. The van der Waals surface area contributed by atoms with Gasteiger partial charge in [-0.05, 0) is 42.5 Å². The van der Waals surface area contributed by atoms with Gasteiger partial charge >= 0.3 is 0 Å². The van der Waals surface area contributed by atoms with Gasteiger partial charge in [-0.25, -0.2) is 4.39 Å². The average Bonchev–Trinajstić information content (AvgIpc) is 2.88. The van der Waals surface area contributed by atoms with Crippen LogP contribution in [0.25, 0.3) is 0 Å². The summed E-state index contributed by atoms with van der Waals surface area (Å²) >= 11 is 11.0. The van der Waals surface area contributed by atoms with Crippen LogP contribution in [0.4, 0.5) is 21.5 Å². The first-order chi connectivity index (χ1) is 17.4. The van der Waals surface area contributed by atoms with Crippen molar-refractivity contribution in [2.75, 3.05) is 73.6 Å². The number of hydrogen-bond donors (Lipinski definition) is 2. The highest BCUT2D eigenvalue weighted by atomic mass is 35.5. The molecule has 4 rings (SSSR count). The third-order valence-corrected chi connectivity index (χ3v) is 6.85. The van der Waals surface area contributed by atoms with Crippen molar-refractivity contribution in [3.63, 3.8) is 0 Å². The van der Waals surface area contributed by atoms with E-state index in [1.807, 2.05) is 30.3 Å². The molecule has 0 saturated carbocycles. The van der Waals surface area contributed by atoms with Crippen molar-refractivity contribution in [3.05, 3.63) is 52.8 Å². The minimum absolute atomic E-state index is 0.0496. The maximum atomic E-state index is 15.4. The Morgan fingerprint density at radius 1 is 1.06 bits per heavy atom. The SMILES string of the molecule is N#CCCN1CCN(c2cc(N3CCN(c4cccc(Cl)c4)CC3)c(F)cc2/C=N/NC(N)=S)CC1. The summed E-state index contributed by atoms with van der Waals surface area (Å²) in [6, 6.07) is 13.5. The van der Waals surface area contributed by atoms with Crippen LogP contribution in [0.3, 0.4) is 0 Å². The fourth-order valence-electron chi connectivity index (χ4n) is 4.65. The molecule has 0 radical (unpaired) electrons. The van der Waals surface area contributed by atoms with Crippen LogP contribution in [0.2, 0.25) is 5.02 Å². The number of nitrogens with two attached hydrogens (primary N) is 1. The smallest absolute Gasteiger partial charge is 0.184 e. The van der Waals surface area contributed by atoms with Gasteiger partial charge < -0.3 is 20.4 Å². The van der Waals surface area contributed by atoms with E-state index in [4.69, 9.17) is 34.8 Å². The molecule has 36 heavy (non-hydrogen) atoms. The molecule has 0 unspecified atom stereocenters. The van der Waals surface area contributed by atoms with Gasteiger partial charge in [0.05, 0.1) is 18.0 Å². The molecule has 2 aromatic rings. The molecule has 2 aliphatic heterocycles. The topological polar surface area (TPSA) is 87.2 Å². The lowest BCUT2D eigenvalue weighted by Gasteiger charge is -2.39. The Morgan fingerprint density at radius 3 is 2.39 bits per heavy atom. The fourth-order valence-corrected chi connectivity index (χ4v) is 4.89. The molecular formula is C25H30ClFN8S. The summed E-state index contributed by atoms with van der Waals surface area (Å²) in [6.45, 7) is 6.94. The first kappa shape index (κ1) is 25.9. The van der Waals surface area contributed by atoms with E-state index in [1.54, 1.807) is 6.21 Å². The second kappa shape index (κ2) is 12.2. The summed E-state index contributed by atoms with van der Waals surface area (Å²) in [5, 5.41) is 13.7. The lowest BCUT2D eigenvalue weighted by atomic mass is 10.1. The standard InChI is InChI=1S/C25H30ClFN8S/c26-20-3-1-4-21(16-20)33-11-13-35(14-12-33)24-17-23(19(15-22(24)27)18-30-31-25(29)36)34-9-7-32(8-10-34)6-2-5-28/h1,3-4,15-18H,2,6-14H2,(H3,29,31,36)/b30-18+. The number of halogens is 2. The number of nitriles is 1. The van der Waals surface area contributed by atoms with Gasteiger partial charge in [0, 0.05) is 87.3 Å². The second-order valence-corrected chi connectivity index (χ2v) is 9.66. The zero-order chi connectivity index (χ0) is 25.5. The maximum Gasteiger partial charge on any atom is 0.184 e. The Bertz CT molecular complexity index is 1140. The van der Waals surface area contributed by atoms with Gasteiger partial charge in [-0.15, -0.1) is 0 Å². The van der Waals surface area contributed by atoms with Crippen molar-refractivity contribution in [2.45, 2.75) is 6.42 Å². The molecule has 3 N–H and O–H groups in total. The van der Waals surface area contributed by atoms with Gasteiger partial charge in [-0.1, -0.05) is 17.7 Å². The summed E-state index contributed by atoms with van der Waals surface area (Å²) < 4.78 is 15.4. The molecule has 8 nitrogen and oxygen atoms in total. The number of rotatable bonds is 7. The van der Waals surface area contributed by atoms with Gasteiger partial charge in [-0.3, -0.25) is 10.3 Å². The molecule has 2 heterocycles. The Labute approximate surface area is 221 Å². The van der Waals surface area contributed by atoms with Gasteiger partial charge in [0.25, 0.3) is 0 Å². The number of nitrogens with one attached hydrogen (secondary N) is 1. The second-order valence-electron chi connectivity index (χ2n) is 8.79. The normalized spacial score (nSPS) is 16.9. The highest BCUT2D eigenvalue weighted by Crippen LogP contribution is 2.31. The molecule has 0 amide bonds. The summed E-state index contributed by atoms with van der Waals surface area (Å²) in [5.41, 5.74) is 11.3. The van der Waals surface area contributed by atoms with E-state index < -0.39 is 0 Å². The predicted molar refractivity (Wildman–Crippen MR) is 149 cm³/mol. The molecule has 2 fully saturated rings. The van der Waals surface area contributed by atoms with E-state index in [0.717, 1.165) is 57.2 Å². The number of nitrogens with zero attached hydrogens (tertiary/aromatic N) is 6. The Balaban J connectivity index is 1.53. The number of hydrazone groups is 1. The molecule has 0 atom stereocenters. The molecule has 0 aliphatic carbocycles. The van der Waals surface area contributed by atoms with Crippen LogP contribution >= 0.6 is 23.8 Å². The Morgan fingerprint density at radius 2 is 1.72 bits per heavy atom.